The van der Waals surface area contributed by atoms with Gasteiger partial charge in [0.2, 0.25) is 11.8 Å². The molecule has 4 amide bonds. The van der Waals surface area contributed by atoms with Crippen LogP contribution in [-0.2, 0) is 19.1 Å². The Bertz CT molecular complexity index is 1600. The van der Waals surface area contributed by atoms with Gasteiger partial charge in [0.05, 0.1) is 23.8 Å². The predicted molar refractivity (Wildman–Crippen MR) is 221 cm³/mol. The second kappa shape index (κ2) is 16.7. The molecule has 4 N–H and O–H groups in total. The number of nitrogens with one attached hydrogen (secondary N) is 4. The number of carbonyl (C=O) groups excluding carboxylic acids is 4. The third kappa shape index (κ3) is 7.76. The molecule has 12 atom stereocenters. The van der Waals surface area contributed by atoms with E-state index in [1.807, 2.05) is 17.8 Å². The molecule has 1 unspecified atom stereocenters. The van der Waals surface area contributed by atoms with Gasteiger partial charge >= 0.3 is 6.03 Å². The van der Waals surface area contributed by atoms with Gasteiger partial charge in [-0.15, -0.1) is 0 Å². The largest absolute Gasteiger partial charge is 0.365 e. The number of nitrogens with zero attached hydrogens (tertiary/aromatic N) is 1. The molecular weight excluding hydrogens is 723 g/mol. The fourth-order valence-corrected chi connectivity index (χ4v) is 14.8. The summed E-state index contributed by atoms with van der Waals surface area (Å²) in [6, 6.07) is 0.805. The van der Waals surface area contributed by atoms with Gasteiger partial charge < -0.3 is 26.0 Å². The summed E-state index contributed by atoms with van der Waals surface area (Å²) in [5.41, 5.74) is 4.67. The molecule has 2 saturated carbocycles. The molecule has 8 aliphatic rings. The van der Waals surface area contributed by atoms with Crippen molar-refractivity contribution in [2.45, 2.75) is 166 Å². The van der Waals surface area contributed by atoms with Crippen LogP contribution in [0.25, 0.3) is 0 Å². The zero-order valence-corrected chi connectivity index (χ0v) is 35.4. The van der Waals surface area contributed by atoms with E-state index >= 15 is 0 Å². The number of thioether (sulfide) groups is 1. The van der Waals surface area contributed by atoms with E-state index < -0.39 is 0 Å². The minimum absolute atomic E-state index is 0.0485. The van der Waals surface area contributed by atoms with E-state index in [4.69, 9.17) is 4.74 Å². The van der Waals surface area contributed by atoms with Crippen molar-refractivity contribution in [2.75, 3.05) is 31.9 Å². The van der Waals surface area contributed by atoms with Crippen LogP contribution in [0.5, 0.6) is 0 Å². The van der Waals surface area contributed by atoms with Crippen molar-refractivity contribution in [1.29, 1.82) is 0 Å². The van der Waals surface area contributed by atoms with Crippen molar-refractivity contribution in [2.24, 2.45) is 35.0 Å². The van der Waals surface area contributed by atoms with Gasteiger partial charge in [-0.25, -0.2) is 4.79 Å². The predicted octanol–water partition coefficient (Wildman–Crippen LogP) is 6.44. The Hall–Kier alpha value is -2.37. The molecule has 0 aromatic carbocycles. The van der Waals surface area contributed by atoms with Gasteiger partial charge in [-0.2, -0.15) is 11.8 Å². The van der Waals surface area contributed by atoms with Gasteiger partial charge in [0, 0.05) is 68.4 Å². The highest BCUT2D eigenvalue weighted by Gasteiger charge is 2.61. The Labute approximate surface area is 339 Å². The van der Waals surface area contributed by atoms with E-state index in [-0.39, 0.29) is 47.0 Å². The Balaban J connectivity index is 0.748. The van der Waals surface area contributed by atoms with Gasteiger partial charge in [-0.1, -0.05) is 44.8 Å². The lowest BCUT2D eigenvalue weighted by Gasteiger charge is -2.48. The van der Waals surface area contributed by atoms with E-state index in [0.29, 0.717) is 73.1 Å². The number of piperidine rings is 1. The van der Waals surface area contributed by atoms with E-state index in [1.54, 1.807) is 11.1 Å². The number of allylic oxidation sites excluding steroid dienone is 3. The molecule has 4 saturated heterocycles. The first-order valence-corrected chi connectivity index (χ1v) is 23.6. The summed E-state index contributed by atoms with van der Waals surface area (Å²) >= 11 is 1.92. The lowest BCUT2D eigenvalue weighted by Crippen LogP contribution is -2.54. The molecule has 10 nitrogen and oxygen atoms in total. The van der Waals surface area contributed by atoms with E-state index in [0.717, 1.165) is 89.0 Å². The Morgan fingerprint density at radius 1 is 0.982 bits per heavy atom. The summed E-state index contributed by atoms with van der Waals surface area (Å²) in [6.45, 7) is 12.9. The third-order valence-electron chi connectivity index (χ3n) is 16.2. The van der Waals surface area contributed by atoms with Crippen LogP contribution in [0, 0.1) is 35.0 Å². The molecule has 1 spiro atoms. The molecule has 0 aromatic heterocycles. The average molecular weight is 792 g/mol. The quantitative estimate of drug-likeness (QED) is 0.0906. The van der Waals surface area contributed by atoms with E-state index in [9.17, 15) is 19.2 Å². The average Bonchev–Trinajstić information content (AvgIpc) is 3.91. The number of hydrogen-bond acceptors (Lipinski definition) is 7. The first-order valence-electron chi connectivity index (χ1n) is 22.5. The zero-order chi connectivity index (χ0) is 39.2. The molecule has 4 heterocycles. The third-order valence-corrected chi connectivity index (χ3v) is 17.7. The summed E-state index contributed by atoms with van der Waals surface area (Å²) in [5.74, 6) is 4.58. The molecule has 6 fully saturated rings. The minimum Gasteiger partial charge on any atom is -0.365 e. The normalized spacial score (nSPS) is 40.0. The maximum atomic E-state index is 12.9. The fourth-order valence-electron chi connectivity index (χ4n) is 13.2. The lowest BCUT2D eigenvalue weighted by molar-refractivity contribution is -0.122. The van der Waals surface area contributed by atoms with Crippen molar-refractivity contribution in [3.05, 3.63) is 22.8 Å². The van der Waals surface area contributed by atoms with E-state index in [1.165, 1.54) is 24.8 Å². The van der Waals surface area contributed by atoms with Crippen LogP contribution in [0.3, 0.4) is 0 Å². The Morgan fingerprint density at radius 3 is 2.59 bits per heavy atom. The summed E-state index contributed by atoms with van der Waals surface area (Å²) in [7, 11) is 0. The number of hydrogen-bond donors (Lipinski definition) is 4. The summed E-state index contributed by atoms with van der Waals surface area (Å²) in [4.78, 5) is 51.8. The maximum absolute atomic E-state index is 12.9. The van der Waals surface area contributed by atoms with E-state index in [2.05, 4.69) is 53.9 Å². The summed E-state index contributed by atoms with van der Waals surface area (Å²) in [5, 5.41) is 12.7. The van der Waals surface area contributed by atoms with Crippen molar-refractivity contribution in [3.8, 4) is 0 Å². The molecule has 0 aromatic rings. The second-order valence-corrected chi connectivity index (χ2v) is 20.7. The summed E-state index contributed by atoms with van der Waals surface area (Å²) in [6.07, 6.45) is 17.6. The molecule has 8 rings (SSSR count). The number of ether oxygens (including phenoxy) is 1. The monoisotopic (exact) mass is 792 g/mol. The number of rotatable bonds is 14. The van der Waals surface area contributed by atoms with Gasteiger partial charge in [0.1, 0.15) is 0 Å². The number of fused-ring (bicyclic) bond motifs is 7. The highest BCUT2D eigenvalue weighted by Crippen LogP contribution is 2.65. The van der Waals surface area contributed by atoms with Crippen LogP contribution in [0.2, 0.25) is 0 Å². The minimum atomic E-state index is -0.186. The Kier molecular flexibility index (Phi) is 12.1. The highest BCUT2D eigenvalue weighted by atomic mass is 32.2. The Morgan fingerprint density at radius 2 is 1.77 bits per heavy atom. The van der Waals surface area contributed by atoms with Gasteiger partial charge in [0.25, 0.3) is 0 Å². The number of ketones is 1. The maximum Gasteiger partial charge on any atom is 0.315 e. The first-order chi connectivity index (χ1) is 27.0. The van der Waals surface area contributed by atoms with Gasteiger partial charge in [0.15, 0.2) is 5.78 Å². The van der Waals surface area contributed by atoms with Crippen LogP contribution in [0.15, 0.2) is 22.8 Å². The van der Waals surface area contributed by atoms with Crippen LogP contribution in [0.1, 0.15) is 130 Å². The molecule has 0 bridgehead atoms. The second-order valence-electron chi connectivity index (χ2n) is 19.4. The zero-order valence-electron chi connectivity index (χ0n) is 34.6. The number of carbonyl (C=O) groups is 4. The molecule has 0 radical (unpaired) electrons. The number of urea groups is 1. The van der Waals surface area contributed by atoms with Gasteiger partial charge in [-0.05, 0) is 118 Å². The topological polar surface area (TPSA) is 129 Å². The smallest absolute Gasteiger partial charge is 0.315 e. The molecular formula is C45H69N5O5S. The summed E-state index contributed by atoms with van der Waals surface area (Å²) < 4.78 is 7.33. The standard InChI is InChI=1S/C45H69N5O5S/c1-27-22-37-42(29(3)45(55-37)18-16-32-33-14-13-30-23-31(51)15-17-44(30,4)35(33)24-34(32)28(45)2)50(25-27)21-20-47-40(53)11-6-5-9-19-46-39(52)12-8-7-10-38-41-36(26-56-38)48-43(54)49-41/h23,27,29,32-33,35-38,41-42H,5-22,24-26H2,1-4H3,(H,46,52)(H,47,53)(H2,48,49,54)/t27-,29+,32-,33-,35-,36-,37+,38?,41-,42-,44-,45-/m0/s1. The van der Waals surface area contributed by atoms with Crippen molar-refractivity contribution in [1.82, 2.24) is 26.2 Å². The molecule has 56 heavy (non-hydrogen) atoms. The van der Waals surface area contributed by atoms with Gasteiger partial charge in [-0.3, -0.25) is 19.3 Å². The van der Waals surface area contributed by atoms with Crippen LogP contribution >= 0.6 is 11.8 Å². The first kappa shape index (κ1) is 40.4. The molecule has 4 aliphatic heterocycles. The number of unbranched alkanes of at least 4 members (excludes halogenated alkanes) is 3. The SMILES string of the molecule is CC1=C2C[C@H]3[C@@H](CCC4=CC(=O)CC[C@@]43C)[C@@H]2CC[C@]12O[C@@H]1C[C@H](C)CN(CCNC(=O)CCCCCNC(=O)CCCCC3SC[C@@H]4NC(=O)N[C@H]34)[C@H]1[C@H]2C. The van der Waals surface area contributed by atoms with Crippen molar-refractivity contribution in [3.63, 3.8) is 0 Å². The molecule has 4 aliphatic carbocycles. The molecule has 11 heteroatoms. The van der Waals surface area contributed by atoms with Crippen LogP contribution < -0.4 is 21.3 Å². The van der Waals surface area contributed by atoms with Crippen LogP contribution in [-0.4, -0.2) is 95.5 Å². The lowest BCUT2D eigenvalue weighted by atomic mass is 9.56. The van der Waals surface area contributed by atoms with Crippen molar-refractivity contribution >= 4 is 35.4 Å². The molecule has 310 valence electrons. The number of likely N-dealkylation sites (tertiary alicyclic amines) is 1. The van der Waals surface area contributed by atoms with Crippen molar-refractivity contribution < 1.29 is 23.9 Å². The highest BCUT2D eigenvalue weighted by molar-refractivity contribution is 8.00. The number of amides is 4. The van der Waals surface area contributed by atoms with Crippen LogP contribution in [0.4, 0.5) is 4.79 Å². The fraction of sp³-hybridized carbons (Fsp3) is 0.822.